The maximum atomic E-state index is 13.4. The number of morpholine rings is 1. The highest BCUT2D eigenvalue weighted by Gasteiger charge is 2.36. The van der Waals surface area contributed by atoms with Crippen LogP contribution in [0.2, 0.25) is 0 Å². The van der Waals surface area contributed by atoms with Crippen LogP contribution in [0.25, 0.3) is 0 Å². The van der Waals surface area contributed by atoms with Gasteiger partial charge in [-0.25, -0.2) is 0 Å². The number of hydrogen-bond acceptors (Lipinski definition) is 7. The van der Waals surface area contributed by atoms with Crippen molar-refractivity contribution in [1.82, 2.24) is 10.1 Å². The van der Waals surface area contributed by atoms with Crippen molar-refractivity contribution in [1.29, 1.82) is 0 Å². The number of carbonyl (C=O) groups excluding carboxylic acids is 2. The van der Waals surface area contributed by atoms with Crippen molar-refractivity contribution in [2.24, 2.45) is 0 Å². The van der Waals surface area contributed by atoms with Crippen LogP contribution >= 0.6 is 0 Å². The maximum Gasteiger partial charge on any atom is 0.265 e. The Morgan fingerprint density at radius 3 is 2.53 bits per heavy atom. The van der Waals surface area contributed by atoms with Gasteiger partial charge in [0.2, 0.25) is 5.91 Å². The predicted molar refractivity (Wildman–Crippen MR) is 131 cm³/mol. The molecule has 3 heterocycles. The van der Waals surface area contributed by atoms with Gasteiger partial charge in [-0.3, -0.25) is 9.59 Å². The van der Waals surface area contributed by atoms with Gasteiger partial charge in [0.05, 0.1) is 43.1 Å². The molecule has 2 aromatic carbocycles. The van der Waals surface area contributed by atoms with Crippen LogP contribution in [-0.2, 0) is 27.4 Å². The number of carbonyl (C=O) groups is 2. The van der Waals surface area contributed by atoms with Gasteiger partial charge in [-0.05, 0) is 43.7 Å². The van der Waals surface area contributed by atoms with Gasteiger partial charge >= 0.3 is 0 Å². The van der Waals surface area contributed by atoms with Crippen molar-refractivity contribution in [2.75, 3.05) is 37.7 Å². The van der Waals surface area contributed by atoms with Crippen LogP contribution in [0.4, 0.5) is 5.69 Å². The number of anilines is 1. The first kappa shape index (κ1) is 23.9. The SMILES string of the molecule is Cc1noc(C)c1COc1ccc(CC(=O)N2C[C@@H](C(=O)N3CCOCC3)Oc3ccccc32)cc1. The second kappa shape index (κ2) is 10.4. The summed E-state index contributed by atoms with van der Waals surface area (Å²) >= 11 is 0. The first-order chi connectivity index (χ1) is 17.5. The van der Waals surface area contributed by atoms with Crippen molar-refractivity contribution in [3.63, 3.8) is 0 Å². The molecule has 2 amide bonds. The summed E-state index contributed by atoms with van der Waals surface area (Å²) in [7, 11) is 0. The molecule has 1 fully saturated rings. The third-order valence-corrected chi connectivity index (χ3v) is 6.52. The molecule has 1 atom stereocenters. The lowest BCUT2D eigenvalue weighted by atomic mass is 10.1. The van der Waals surface area contributed by atoms with E-state index in [1.807, 2.05) is 56.3 Å². The molecular weight excluding hydrogens is 462 g/mol. The molecule has 36 heavy (non-hydrogen) atoms. The summed E-state index contributed by atoms with van der Waals surface area (Å²) in [6.45, 7) is 6.35. The van der Waals surface area contributed by atoms with E-state index in [0.717, 1.165) is 22.6 Å². The molecule has 188 valence electrons. The van der Waals surface area contributed by atoms with E-state index in [1.54, 1.807) is 15.9 Å². The van der Waals surface area contributed by atoms with Gasteiger partial charge in [0, 0.05) is 13.1 Å². The molecule has 0 unspecified atom stereocenters. The minimum Gasteiger partial charge on any atom is -0.489 e. The van der Waals surface area contributed by atoms with E-state index >= 15 is 0 Å². The number of para-hydroxylation sites is 2. The number of aromatic nitrogens is 1. The van der Waals surface area contributed by atoms with Crippen molar-refractivity contribution in [2.45, 2.75) is 33.0 Å². The Bertz CT molecular complexity index is 1210. The van der Waals surface area contributed by atoms with Crippen LogP contribution in [0.3, 0.4) is 0 Å². The van der Waals surface area contributed by atoms with Gasteiger partial charge in [-0.2, -0.15) is 0 Å². The van der Waals surface area contributed by atoms with Gasteiger partial charge in [0.25, 0.3) is 5.91 Å². The van der Waals surface area contributed by atoms with Crippen LogP contribution in [-0.4, -0.2) is 60.8 Å². The Labute approximate surface area is 209 Å². The standard InChI is InChI=1S/C27H29N3O6/c1-18-22(19(2)36-28-18)17-34-21-9-7-20(8-10-21)15-26(31)30-16-25(27(32)29-11-13-33-14-12-29)35-24-6-4-3-5-23(24)30/h3-10,25H,11-17H2,1-2H3/t25-/m0/s1. The average molecular weight is 492 g/mol. The zero-order valence-electron chi connectivity index (χ0n) is 20.4. The van der Waals surface area contributed by atoms with E-state index in [1.165, 1.54) is 0 Å². The van der Waals surface area contributed by atoms with Gasteiger partial charge < -0.3 is 28.5 Å². The summed E-state index contributed by atoms with van der Waals surface area (Å²) in [4.78, 5) is 29.9. The fourth-order valence-electron chi connectivity index (χ4n) is 4.42. The molecule has 1 saturated heterocycles. The second-order valence-corrected chi connectivity index (χ2v) is 8.93. The number of amides is 2. The molecule has 9 nitrogen and oxygen atoms in total. The zero-order chi connectivity index (χ0) is 25.1. The minimum atomic E-state index is -0.748. The molecule has 2 aliphatic rings. The lowest BCUT2D eigenvalue weighted by molar-refractivity contribution is -0.142. The van der Waals surface area contributed by atoms with Crippen LogP contribution in [0.5, 0.6) is 11.5 Å². The Balaban J connectivity index is 1.26. The van der Waals surface area contributed by atoms with Crippen molar-refractivity contribution in [3.05, 3.63) is 71.1 Å². The smallest absolute Gasteiger partial charge is 0.265 e. The van der Waals surface area contributed by atoms with E-state index in [4.69, 9.17) is 18.7 Å². The van der Waals surface area contributed by atoms with Crippen LogP contribution in [0, 0.1) is 13.8 Å². The van der Waals surface area contributed by atoms with E-state index in [2.05, 4.69) is 5.16 Å². The van der Waals surface area contributed by atoms with E-state index in [9.17, 15) is 9.59 Å². The van der Waals surface area contributed by atoms with Gasteiger partial charge in [-0.1, -0.05) is 29.4 Å². The fraction of sp³-hybridized carbons (Fsp3) is 0.370. The summed E-state index contributed by atoms with van der Waals surface area (Å²) in [6, 6.07) is 14.8. The highest BCUT2D eigenvalue weighted by molar-refractivity contribution is 5.98. The number of rotatable bonds is 6. The quantitative estimate of drug-likeness (QED) is 0.523. The van der Waals surface area contributed by atoms with E-state index < -0.39 is 6.10 Å². The van der Waals surface area contributed by atoms with E-state index in [-0.39, 0.29) is 24.8 Å². The number of nitrogens with zero attached hydrogens (tertiary/aromatic N) is 3. The normalized spacial score (nSPS) is 17.3. The van der Waals surface area contributed by atoms with Crippen molar-refractivity contribution < 1.29 is 28.3 Å². The van der Waals surface area contributed by atoms with Crippen LogP contribution in [0.15, 0.2) is 53.1 Å². The summed E-state index contributed by atoms with van der Waals surface area (Å²) in [5.41, 5.74) is 3.27. The first-order valence-corrected chi connectivity index (χ1v) is 12.1. The summed E-state index contributed by atoms with van der Waals surface area (Å²) in [5.74, 6) is 1.75. The van der Waals surface area contributed by atoms with Gasteiger partial charge in [0.1, 0.15) is 23.9 Å². The Kier molecular flexibility index (Phi) is 6.90. The Hall–Kier alpha value is -3.85. The summed E-state index contributed by atoms with van der Waals surface area (Å²) in [5, 5.41) is 3.94. The van der Waals surface area contributed by atoms with Crippen molar-refractivity contribution in [3.8, 4) is 11.5 Å². The third-order valence-electron chi connectivity index (χ3n) is 6.52. The van der Waals surface area contributed by atoms with Crippen LogP contribution in [0.1, 0.15) is 22.6 Å². The molecule has 3 aromatic rings. The number of ether oxygens (including phenoxy) is 3. The third kappa shape index (κ3) is 5.06. The molecule has 0 saturated carbocycles. The highest BCUT2D eigenvalue weighted by atomic mass is 16.5. The molecular formula is C27H29N3O6. The number of aryl methyl sites for hydroxylation is 2. The zero-order valence-corrected chi connectivity index (χ0v) is 20.4. The Morgan fingerprint density at radius 1 is 1.06 bits per heavy atom. The minimum absolute atomic E-state index is 0.102. The predicted octanol–water partition coefficient (Wildman–Crippen LogP) is 3.07. The molecule has 0 bridgehead atoms. The average Bonchev–Trinajstić information content (AvgIpc) is 3.24. The van der Waals surface area contributed by atoms with Crippen molar-refractivity contribution >= 4 is 17.5 Å². The molecule has 0 N–H and O–H groups in total. The monoisotopic (exact) mass is 491 g/mol. The van der Waals surface area contributed by atoms with Crippen LogP contribution < -0.4 is 14.4 Å². The fourth-order valence-corrected chi connectivity index (χ4v) is 4.42. The second-order valence-electron chi connectivity index (χ2n) is 8.93. The largest absolute Gasteiger partial charge is 0.489 e. The number of fused-ring (bicyclic) bond motifs is 1. The molecule has 0 aliphatic carbocycles. The summed E-state index contributed by atoms with van der Waals surface area (Å²) in [6.07, 6.45) is -0.557. The lowest BCUT2D eigenvalue weighted by Gasteiger charge is -2.37. The summed E-state index contributed by atoms with van der Waals surface area (Å²) < 4.78 is 22.4. The van der Waals surface area contributed by atoms with E-state index in [0.29, 0.717) is 50.1 Å². The maximum absolute atomic E-state index is 13.4. The molecule has 5 rings (SSSR count). The number of benzene rings is 2. The lowest BCUT2D eigenvalue weighted by Crippen LogP contribution is -2.54. The molecule has 0 radical (unpaired) electrons. The topological polar surface area (TPSA) is 94.3 Å². The molecule has 9 heteroatoms. The molecule has 2 aliphatic heterocycles. The molecule has 0 spiro atoms. The molecule has 1 aromatic heterocycles. The Morgan fingerprint density at radius 2 is 1.81 bits per heavy atom. The van der Waals surface area contributed by atoms with Gasteiger partial charge in [-0.15, -0.1) is 0 Å². The van der Waals surface area contributed by atoms with Gasteiger partial charge in [0.15, 0.2) is 6.10 Å². The number of hydrogen-bond donors (Lipinski definition) is 0. The highest BCUT2D eigenvalue weighted by Crippen LogP contribution is 2.34. The first-order valence-electron chi connectivity index (χ1n) is 12.1.